The van der Waals surface area contributed by atoms with Gasteiger partial charge in [0.05, 0.1) is 11.6 Å². The minimum atomic E-state index is 0.157. The summed E-state index contributed by atoms with van der Waals surface area (Å²) in [4.78, 5) is 11.1. The van der Waals surface area contributed by atoms with E-state index in [2.05, 4.69) is 9.97 Å². The summed E-state index contributed by atoms with van der Waals surface area (Å²) >= 11 is 0. The van der Waals surface area contributed by atoms with Crippen LogP contribution in [0.2, 0.25) is 0 Å². The molecular weight excluding hydrogens is 300 g/mol. The Bertz CT molecular complexity index is 859. The van der Waals surface area contributed by atoms with Gasteiger partial charge < -0.3 is 15.4 Å². The van der Waals surface area contributed by atoms with E-state index in [1.807, 2.05) is 75.2 Å². The van der Waals surface area contributed by atoms with E-state index in [1.54, 1.807) is 0 Å². The van der Waals surface area contributed by atoms with Gasteiger partial charge in [-0.25, -0.2) is 9.97 Å². The molecule has 3 rings (SSSR count). The third-order valence-corrected chi connectivity index (χ3v) is 3.72. The first-order valence-electron chi connectivity index (χ1n) is 7.98. The van der Waals surface area contributed by atoms with Gasteiger partial charge >= 0.3 is 0 Å². The van der Waals surface area contributed by atoms with Crippen LogP contribution in [0.25, 0.3) is 10.9 Å². The fourth-order valence-electron chi connectivity index (χ4n) is 2.64. The zero-order valence-corrected chi connectivity index (χ0v) is 14.4. The van der Waals surface area contributed by atoms with Crippen LogP contribution >= 0.6 is 0 Å². The van der Waals surface area contributed by atoms with Crippen LogP contribution in [-0.4, -0.2) is 23.1 Å². The Labute approximate surface area is 142 Å². The van der Waals surface area contributed by atoms with Gasteiger partial charge in [-0.3, -0.25) is 0 Å². The van der Waals surface area contributed by atoms with Crippen LogP contribution in [0.1, 0.15) is 19.7 Å². The Morgan fingerprint density at radius 2 is 1.75 bits per heavy atom. The van der Waals surface area contributed by atoms with E-state index in [-0.39, 0.29) is 6.10 Å². The van der Waals surface area contributed by atoms with Crippen molar-refractivity contribution < 1.29 is 4.74 Å². The van der Waals surface area contributed by atoms with Gasteiger partial charge in [0.25, 0.3) is 0 Å². The van der Waals surface area contributed by atoms with Gasteiger partial charge in [0.1, 0.15) is 17.4 Å². The van der Waals surface area contributed by atoms with Crippen molar-refractivity contribution in [3.63, 3.8) is 0 Å². The molecule has 0 spiro atoms. The zero-order valence-electron chi connectivity index (χ0n) is 14.4. The van der Waals surface area contributed by atoms with Gasteiger partial charge in [-0.1, -0.05) is 0 Å². The zero-order chi connectivity index (χ0) is 17.3. The van der Waals surface area contributed by atoms with Gasteiger partial charge in [0.15, 0.2) is 0 Å². The highest BCUT2D eigenvalue weighted by atomic mass is 16.5. The third-order valence-electron chi connectivity index (χ3n) is 3.72. The number of aromatic nitrogens is 2. The quantitative estimate of drug-likeness (QED) is 0.733. The molecule has 2 N–H and O–H groups in total. The van der Waals surface area contributed by atoms with Gasteiger partial charge in [0, 0.05) is 23.8 Å². The standard InChI is InChI=1S/C19H22N4O/c1-12(2)24-16-8-6-15(7-9-16)23(4)19-17-11-14(20)5-10-18(17)21-13(3)22-19/h5-12H,20H2,1-4H3. The maximum atomic E-state index is 5.95. The predicted molar refractivity (Wildman–Crippen MR) is 99.0 cm³/mol. The van der Waals surface area contributed by atoms with Crippen molar-refractivity contribution in [2.24, 2.45) is 0 Å². The summed E-state index contributed by atoms with van der Waals surface area (Å²) in [6.07, 6.45) is 0.157. The second-order valence-electron chi connectivity index (χ2n) is 6.09. The molecule has 0 atom stereocenters. The Morgan fingerprint density at radius 3 is 2.42 bits per heavy atom. The Hall–Kier alpha value is -2.82. The number of rotatable bonds is 4. The summed E-state index contributed by atoms with van der Waals surface area (Å²) < 4.78 is 5.70. The van der Waals surface area contributed by atoms with E-state index in [4.69, 9.17) is 10.5 Å². The van der Waals surface area contributed by atoms with E-state index in [9.17, 15) is 0 Å². The summed E-state index contributed by atoms with van der Waals surface area (Å²) in [5.41, 5.74) is 8.55. The van der Waals surface area contributed by atoms with Crippen LogP contribution < -0.4 is 15.4 Å². The van der Waals surface area contributed by atoms with Crippen molar-refractivity contribution in [1.82, 2.24) is 9.97 Å². The van der Waals surface area contributed by atoms with Crippen molar-refractivity contribution in [1.29, 1.82) is 0 Å². The maximum absolute atomic E-state index is 5.95. The molecule has 0 bridgehead atoms. The molecule has 1 heterocycles. The molecule has 0 saturated carbocycles. The molecule has 5 nitrogen and oxygen atoms in total. The highest BCUT2D eigenvalue weighted by molar-refractivity contribution is 5.93. The number of nitrogens with zero attached hydrogens (tertiary/aromatic N) is 3. The number of benzene rings is 2. The summed E-state index contributed by atoms with van der Waals surface area (Å²) in [6.45, 7) is 5.92. The molecule has 0 aliphatic rings. The van der Waals surface area contributed by atoms with E-state index >= 15 is 0 Å². The van der Waals surface area contributed by atoms with Crippen LogP contribution in [0.4, 0.5) is 17.2 Å². The fraction of sp³-hybridized carbons (Fsp3) is 0.263. The number of nitrogen functional groups attached to an aromatic ring is 1. The first-order chi connectivity index (χ1) is 11.4. The van der Waals surface area contributed by atoms with Gasteiger partial charge in [-0.2, -0.15) is 0 Å². The molecule has 0 aliphatic carbocycles. The smallest absolute Gasteiger partial charge is 0.144 e. The first-order valence-corrected chi connectivity index (χ1v) is 7.98. The Morgan fingerprint density at radius 1 is 1.04 bits per heavy atom. The van der Waals surface area contributed by atoms with Crippen molar-refractivity contribution in [2.45, 2.75) is 26.9 Å². The molecule has 124 valence electrons. The molecule has 0 radical (unpaired) electrons. The summed E-state index contributed by atoms with van der Waals surface area (Å²) in [5.74, 6) is 2.42. The van der Waals surface area contributed by atoms with Gasteiger partial charge in [-0.15, -0.1) is 0 Å². The number of anilines is 3. The molecule has 3 aromatic rings. The Balaban J connectivity index is 2.01. The Kier molecular flexibility index (Phi) is 4.25. The second-order valence-corrected chi connectivity index (χ2v) is 6.09. The number of nitrogens with two attached hydrogens (primary N) is 1. The number of ether oxygens (including phenoxy) is 1. The number of aryl methyl sites for hydroxylation is 1. The second kappa shape index (κ2) is 6.35. The molecule has 24 heavy (non-hydrogen) atoms. The largest absolute Gasteiger partial charge is 0.491 e. The van der Waals surface area contributed by atoms with Gasteiger partial charge in [-0.05, 0) is 63.2 Å². The van der Waals surface area contributed by atoms with Crippen molar-refractivity contribution in [3.8, 4) is 5.75 Å². The topological polar surface area (TPSA) is 64.3 Å². The normalized spacial score (nSPS) is 11.0. The molecule has 5 heteroatoms. The first kappa shape index (κ1) is 16.1. The minimum Gasteiger partial charge on any atom is -0.491 e. The minimum absolute atomic E-state index is 0.157. The van der Waals surface area contributed by atoms with E-state index in [0.29, 0.717) is 5.69 Å². The van der Waals surface area contributed by atoms with Crippen LogP contribution in [-0.2, 0) is 0 Å². The molecule has 0 fully saturated rings. The van der Waals surface area contributed by atoms with Crippen LogP contribution in [0.5, 0.6) is 5.75 Å². The monoisotopic (exact) mass is 322 g/mol. The SMILES string of the molecule is Cc1nc(N(C)c2ccc(OC(C)C)cc2)c2cc(N)ccc2n1. The molecular formula is C19H22N4O. The number of hydrogen-bond acceptors (Lipinski definition) is 5. The highest BCUT2D eigenvalue weighted by Crippen LogP contribution is 2.31. The summed E-state index contributed by atoms with van der Waals surface area (Å²) in [6, 6.07) is 13.7. The molecule has 2 aromatic carbocycles. The van der Waals surface area contributed by atoms with Crippen molar-refractivity contribution in [3.05, 3.63) is 48.3 Å². The third kappa shape index (κ3) is 3.25. The maximum Gasteiger partial charge on any atom is 0.144 e. The molecule has 0 aliphatic heterocycles. The van der Waals surface area contributed by atoms with E-state index in [1.165, 1.54) is 0 Å². The molecule has 0 unspecified atom stereocenters. The summed E-state index contributed by atoms with van der Waals surface area (Å²) in [7, 11) is 1.99. The van der Waals surface area contributed by atoms with E-state index < -0.39 is 0 Å². The highest BCUT2D eigenvalue weighted by Gasteiger charge is 2.12. The van der Waals surface area contributed by atoms with Crippen LogP contribution in [0.15, 0.2) is 42.5 Å². The van der Waals surface area contributed by atoms with Crippen LogP contribution in [0, 0.1) is 6.92 Å². The summed E-state index contributed by atoms with van der Waals surface area (Å²) in [5, 5.41) is 0.936. The number of fused-ring (bicyclic) bond motifs is 1. The lowest BCUT2D eigenvalue weighted by atomic mass is 10.2. The van der Waals surface area contributed by atoms with Crippen molar-refractivity contribution >= 4 is 28.1 Å². The number of hydrogen-bond donors (Lipinski definition) is 1. The average molecular weight is 322 g/mol. The fourth-order valence-corrected chi connectivity index (χ4v) is 2.64. The van der Waals surface area contributed by atoms with Crippen molar-refractivity contribution in [2.75, 3.05) is 17.7 Å². The molecule has 0 amide bonds. The van der Waals surface area contributed by atoms with Gasteiger partial charge in [0.2, 0.25) is 0 Å². The average Bonchev–Trinajstić information content (AvgIpc) is 2.54. The molecule has 0 saturated heterocycles. The lowest BCUT2D eigenvalue weighted by Crippen LogP contribution is -2.13. The molecule has 1 aromatic heterocycles. The van der Waals surface area contributed by atoms with E-state index in [0.717, 1.165) is 34.0 Å². The lowest BCUT2D eigenvalue weighted by Gasteiger charge is -2.21. The predicted octanol–water partition coefficient (Wildman–Crippen LogP) is 4.08. The lowest BCUT2D eigenvalue weighted by molar-refractivity contribution is 0.242. The van der Waals surface area contributed by atoms with Crippen LogP contribution in [0.3, 0.4) is 0 Å².